The minimum Gasteiger partial charge on any atom is -0.339 e. The van der Waals surface area contributed by atoms with E-state index in [2.05, 4.69) is 25.0 Å². The zero-order valence-electron chi connectivity index (χ0n) is 14.7. The average Bonchev–Trinajstić information content (AvgIpc) is 3.39. The number of piperazine rings is 1. The first kappa shape index (κ1) is 16.3. The first-order valence-electron chi connectivity index (χ1n) is 8.78. The number of carbonyl (C=O) groups excluding carboxylic acids is 1. The molecule has 26 heavy (non-hydrogen) atoms. The van der Waals surface area contributed by atoms with Crippen LogP contribution in [0, 0.1) is 0 Å². The van der Waals surface area contributed by atoms with Crippen molar-refractivity contribution in [3.8, 4) is 11.4 Å². The van der Waals surface area contributed by atoms with Crippen molar-refractivity contribution >= 4 is 11.9 Å². The van der Waals surface area contributed by atoms with Crippen LogP contribution in [0.25, 0.3) is 11.4 Å². The topological polar surface area (TPSA) is 82.9 Å². The largest absolute Gasteiger partial charge is 0.339 e. The number of nitrogens with one attached hydrogen (secondary N) is 1. The number of carbonyl (C=O) groups is 1. The van der Waals surface area contributed by atoms with Crippen molar-refractivity contribution in [2.24, 2.45) is 0 Å². The van der Waals surface area contributed by atoms with Gasteiger partial charge in [0.1, 0.15) is 6.33 Å². The second kappa shape index (κ2) is 6.99. The predicted molar refractivity (Wildman–Crippen MR) is 97.8 cm³/mol. The Morgan fingerprint density at radius 1 is 1.12 bits per heavy atom. The summed E-state index contributed by atoms with van der Waals surface area (Å²) >= 11 is 0. The molecule has 8 heteroatoms. The molecule has 4 rings (SSSR count). The maximum Gasteiger partial charge on any atom is 0.253 e. The molecule has 3 aromatic rings. The van der Waals surface area contributed by atoms with Gasteiger partial charge in [0, 0.05) is 56.2 Å². The Balaban J connectivity index is 1.42. The molecule has 1 saturated heterocycles. The Labute approximate surface area is 151 Å². The molecule has 0 spiro atoms. The molecule has 1 fully saturated rings. The number of benzene rings is 1. The van der Waals surface area contributed by atoms with Crippen LogP contribution >= 0.6 is 0 Å². The van der Waals surface area contributed by atoms with Gasteiger partial charge in [0.25, 0.3) is 5.91 Å². The average molecular weight is 351 g/mol. The molecule has 1 aromatic carbocycles. The van der Waals surface area contributed by atoms with Gasteiger partial charge in [-0.2, -0.15) is 5.10 Å². The van der Waals surface area contributed by atoms with Gasteiger partial charge in [-0.15, -0.1) is 0 Å². The van der Waals surface area contributed by atoms with Crippen LogP contribution in [0.15, 0.2) is 43.0 Å². The number of hydrogen-bond acceptors (Lipinski definition) is 5. The van der Waals surface area contributed by atoms with Crippen molar-refractivity contribution in [2.75, 3.05) is 31.1 Å². The van der Waals surface area contributed by atoms with Crippen LogP contribution < -0.4 is 4.90 Å². The molecule has 1 aliphatic heterocycles. The zero-order valence-corrected chi connectivity index (χ0v) is 14.7. The monoisotopic (exact) mass is 351 g/mol. The van der Waals surface area contributed by atoms with Crippen LogP contribution in [0.4, 0.5) is 5.95 Å². The van der Waals surface area contributed by atoms with E-state index in [-0.39, 0.29) is 5.91 Å². The lowest BCUT2D eigenvalue weighted by Crippen LogP contribution is -2.49. The number of amides is 1. The van der Waals surface area contributed by atoms with Crippen molar-refractivity contribution in [2.45, 2.75) is 13.5 Å². The molecule has 0 atom stereocenters. The molecule has 134 valence electrons. The van der Waals surface area contributed by atoms with Crippen LogP contribution in [0.2, 0.25) is 0 Å². The van der Waals surface area contributed by atoms with Gasteiger partial charge >= 0.3 is 0 Å². The summed E-state index contributed by atoms with van der Waals surface area (Å²) in [5, 5.41) is 4.19. The summed E-state index contributed by atoms with van der Waals surface area (Å²) < 4.78 is 1.84. The molecular weight excluding hydrogens is 330 g/mol. The molecule has 8 nitrogen and oxygen atoms in total. The fourth-order valence-electron chi connectivity index (χ4n) is 3.21. The fraction of sp³-hybridized carbons (Fsp3) is 0.333. The summed E-state index contributed by atoms with van der Waals surface area (Å²) in [5.41, 5.74) is 1.66. The van der Waals surface area contributed by atoms with E-state index in [0.717, 1.165) is 37.0 Å². The normalized spacial score (nSPS) is 14.7. The summed E-state index contributed by atoms with van der Waals surface area (Å²) in [6.45, 7) is 5.71. The van der Waals surface area contributed by atoms with E-state index >= 15 is 0 Å². The minimum atomic E-state index is 0.0626. The van der Waals surface area contributed by atoms with E-state index in [9.17, 15) is 4.79 Å². The number of aromatic nitrogens is 5. The SMILES string of the molecule is CCn1ncnc1-c1ccc(C(=O)N2CCN(c3ncc[nH]3)CC2)cc1. The summed E-state index contributed by atoms with van der Waals surface area (Å²) in [4.78, 5) is 28.5. The van der Waals surface area contributed by atoms with Gasteiger partial charge in [-0.25, -0.2) is 14.6 Å². The Hall–Kier alpha value is -3.16. The van der Waals surface area contributed by atoms with E-state index in [1.54, 1.807) is 12.5 Å². The van der Waals surface area contributed by atoms with Gasteiger partial charge in [-0.05, 0) is 19.1 Å². The number of aryl methyl sites for hydroxylation is 1. The number of H-pyrrole nitrogens is 1. The molecule has 1 N–H and O–H groups in total. The highest BCUT2D eigenvalue weighted by molar-refractivity contribution is 5.94. The van der Waals surface area contributed by atoms with Crippen LogP contribution in [-0.2, 0) is 6.54 Å². The van der Waals surface area contributed by atoms with Gasteiger partial charge in [-0.3, -0.25) is 4.79 Å². The number of aromatic amines is 1. The highest BCUT2D eigenvalue weighted by atomic mass is 16.2. The third-order valence-corrected chi connectivity index (χ3v) is 4.66. The summed E-state index contributed by atoms with van der Waals surface area (Å²) in [5.74, 6) is 1.74. The standard InChI is InChI=1S/C18H21N7O/c1-2-25-16(21-13-22-25)14-3-5-15(6-4-14)17(26)23-9-11-24(12-10-23)18-19-7-8-20-18/h3-8,13H,2,9-12H2,1H3,(H,19,20). The summed E-state index contributed by atoms with van der Waals surface area (Å²) in [7, 11) is 0. The van der Waals surface area contributed by atoms with Gasteiger partial charge in [0.2, 0.25) is 5.95 Å². The number of anilines is 1. The van der Waals surface area contributed by atoms with E-state index in [0.29, 0.717) is 18.7 Å². The molecular formula is C18H21N7O. The van der Waals surface area contributed by atoms with E-state index in [4.69, 9.17) is 0 Å². The molecule has 1 aliphatic rings. The molecule has 0 unspecified atom stereocenters. The predicted octanol–water partition coefficient (Wildman–Crippen LogP) is 1.65. The Morgan fingerprint density at radius 2 is 1.88 bits per heavy atom. The zero-order chi connectivity index (χ0) is 17.9. The third-order valence-electron chi connectivity index (χ3n) is 4.66. The molecule has 1 amide bonds. The quantitative estimate of drug-likeness (QED) is 0.773. The second-order valence-corrected chi connectivity index (χ2v) is 6.17. The van der Waals surface area contributed by atoms with Crippen molar-refractivity contribution < 1.29 is 4.79 Å². The van der Waals surface area contributed by atoms with Crippen molar-refractivity contribution in [3.05, 3.63) is 48.5 Å². The highest BCUT2D eigenvalue weighted by Gasteiger charge is 2.23. The lowest BCUT2D eigenvalue weighted by molar-refractivity contribution is 0.0746. The van der Waals surface area contributed by atoms with Crippen LogP contribution in [-0.4, -0.2) is 61.7 Å². The van der Waals surface area contributed by atoms with E-state index < -0.39 is 0 Å². The van der Waals surface area contributed by atoms with Crippen molar-refractivity contribution in [1.29, 1.82) is 0 Å². The van der Waals surface area contributed by atoms with Gasteiger partial charge in [0.15, 0.2) is 5.82 Å². The van der Waals surface area contributed by atoms with Crippen LogP contribution in [0.1, 0.15) is 17.3 Å². The lowest BCUT2D eigenvalue weighted by Gasteiger charge is -2.34. The summed E-state index contributed by atoms with van der Waals surface area (Å²) in [6, 6.07) is 7.60. The van der Waals surface area contributed by atoms with Crippen LogP contribution in [0.3, 0.4) is 0 Å². The van der Waals surface area contributed by atoms with Gasteiger partial charge in [-0.1, -0.05) is 12.1 Å². The molecule has 0 saturated carbocycles. The third kappa shape index (κ3) is 3.05. The maximum absolute atomic E-state index is 12.8. The van der Waals surface area contributed by atoms with E-state index in [1.807, 2.05) is 47.0 Å². The molecule has 0 aliphatic carbocycles. The molecule has 3 heterocycles. The van der Waals surface area contributed by atoms with Crippen molar-refractivity contribution in [3.63, 3.8) is 0 Å². The fourth-order valence-corrected chi connectivity index (χ4v) is 3.21. The first-order valence-corrected chi connectivity index (χ1v) is 8.78. The smallest absolute Gasteiger partial charge is 0.253 e. The van der Waals surface area contributed by atoms with E-state index in [1.165, 1.54) is 0 Å². The van der Waals surface area contributed by atoms with Crippen LogP contribution in [0.5, 0.6) is 0 Å². The van der Waals surface area contributed by atoms with Gasteiger partial charge < -0.3 is 14.8 Å². The number of rotatable bonds is 4. The number of nitrogens with zero attached hydrogens (tertiary/aromatic N) is 6. The second-order valence-electron chi connectivity index (χ2n) is 6.17. The van der Waals surface area contributed by atoms with Gasteiger partial charge in [0.05, 0.1) is 0 Å². The number of imidazole rings is 1. The molecule has 0 radical (unpaired) electrons. The molecule has 2 aromatic heterocycles. The maximum atomic E-state index is 12.8. The first-order chi connectivity index (χ1) is 12.8. The minimum absolute atomic E-state index is 0.0626. The molecule has 0 bridgehead atoms. The Bertz CT molecular complexity index is 861. The Morgan fingerprint density at radius 3 is 2.54 bits per heavy atom. The Kier molecular flexibility index (Phi) is 4.39. The summed E-state index contributed by atoms with van der Waals surface area (Å²) in [6.07, 6.45) is 5.11. The van der Waals surface area contributed by atoms with Crippen molar-refractivity contribution in [1.82, 2.24) is 29.6 Å². The highest BCUT2D eigenvalue weighted by Crippen LogP contribution is 2.19. The lowest BCUT2D eigenvalue weighted by atomic mass is 10.1. The number of hydrogen-bond donors (Lipinski definition) is 1.